The van der Waals surface area contributed by atoms with Crippen molar-refractivity contribution in [2.45, 2.75) is 25.8 Å². The van der Waals surface area contributed by atoms with Crippen LogP contribution in [0.5, 0.6) is 0 Å². The van der Waals surface area contributed by atoms with Crippen LogP contribution in [0.15, 0.2) is 54.6 Å². The number of rotatable bonds is 3. The zero-order valence-corrected chi connectivity index (χ0v) is 13.5. The number of halogens is 1. The van der Waals surface area contributed by atoms with Crippen molar-refractivity contribution in [3.05, 3.63) is 60.2 Å². The molecule has 0 spiro atoms. The van der Waals surface area contributed by atoms with Gasteiger partial charge in [0.1, 0.15) is 0 Å². The van der Waals surface area contributed by atoms with E-state index in [0.717, 1.165) is 12.8 Å². The van der Waals surface area contributed by atoms with Gasteiger partial charge in [-0.3, -0.25) is 0 Å². The van der Waals surface area contributed by atoms with Crippen molar-refractivity contribution in [3.63, 3.8) is 0 Å². The van der Waals surface area contributed by atoms with Crippen LogP contribution in [0, 0.1) is 0 Å². The molecule has 0 heterocycles. The minimum Gasteiger partial charge on any atom is -0.327 e. The fraction of sp³-hybridized carbons (Fsp3) is 0.200. The Morgan fingerprint density at radius 2 is 1.41 bits per heavy atom. The van der Waals surface area contributed by atoms with Crippen LogP contribution in [0.1, 0.15) is 18.9 Å². The summed E-state index contributed by atoms with van der Waals surface area (Å²) in [6, 6.07) is 20.2. The van der Waals surface area contributed by atoms with E-state index >= 15 is 0 Å². The van der Waals surface area contributed by atoms with E-state index in [1.807, 2.05) is 0 Å². The molecule has 22 heavy (non-hydrogen) atoms. The van der Waals surface area contributed by atoms with Crippen LogP contribution in [0.3, 0.4) is 0 Å². The maximum absolute atomic E-state index is 6.18. The lowest BCUT2D eigenvalue weighted by molar-refractivity contribution is 0.649. The van der Waals surface area contributed by atoms with Gasteiger partial charge < -0.3 is 5.73 Å². The first-order valence-electron chi connectivity index (χ1n) is 7.69. The molecular formula is C20H20ClN. The summed E-state index contributed by atoms with van der Waals surface area (Å²) in [5.74, 6) is 0. The average molecular weight is 310 g/mol. The predicted molar refractivity (Wildman–Crippen MR) is 99.4 cm³/mol. The van der Waals surface area contributed by atoms with Crippen molar-refractivity contribution in [3.8, 4) is 0 Å². The smallest absolute Gasteiger partial charge is 0.00769 e. The van der Waals surface area contributed by atoms with E-state index in [-0.39, 0.29) is 18.4 Å². The summed E-state index contributed by atoms with van der Waals surface area (Å²) in [6.07, 6.45) is 1.96. The molecule has 0 bridgehead atoms. The number of hydrogen-bond acceptors (Lipinski definition) is 1. The van der Waals surface area contributed by atoms with Crippen LogP contribution in [-0.4, -0.2) is 6.04 Å². The molecule has 0 saturated heterocycles. The fourth-order valence-electron chi connectivity index (χ4n) is 3.40. The first-order chi connectivity index (χ1) is 10.3. The van der Waals surface area contributed by atoms with Crippen molar-refractivity contribution >= 4 is 44.7 Å². The van der Waals surface area contributed by atoms with Crippen LogP contribution in [-0.2, 0) is 6.42 Å². The molecule has 0 aliphatic rings. The molecule has 1 nitrogen and oxygen atoms in total. The molecule has 0 radical (unpaired) electrons. The molecule has 4 rings (SSSR count). The van der Waals surface area contributed by atoms with Crippen molar-refractivity contribution in [1.29, 1.82) is 0 Å². The molecule has 4 aromatic carbocycles. The SMILES string of the molecule is CCC(N)Cc1ccc2ccc3cccc4ccc1c2c34.Cl. The molecule has 1 unspecified atom stereocenters. The second kappa shape index (κ2) is 5.75. The highest BCUT2D eigenvalue weighted by molar-refractivity contribution is 6.23. The number of hydrogen-bond donors (Lipinski definition) is 1. The Morgan fingerprint density at radius 3 is 2.09 bits per heavy atom. The van der Waals surface area contributed by atoms with E-state index in [4.69, 9.17) is 5.73 Å². The lowest BCUT2D eigenvalue weighted by Gasteiger charge is -2.15. The first-order valence-corrected chi connectivity index (χ1v) is 7.69. The van der Waals surface area contributed by atoms with Gasteiger partial charge in [-0.2, -0.15) is 0 Å². The summed E-state index contributed by atoms with van der Waals surface area (Å²) >= 11 is 0. The molecule has 2 N–H and O–H groups in total. The van der Waals surface area contributed by atoms with Gasteiger partial charge in [0.25, 0.3) is 0 Å². The maximum atomic E-state index is 6.18. The number of nitrogens with two attached hydrogens (primary N) is 1. The molecule has 1 atom stereocenters. The summed E-state index contributed by atoms with van der Waals surface area (Å²) in [5, 5.41) is 8.11. The van der Waals surface area contributed by atoms with E-state index in [0.29, 0.717) is 0 Å². The van der Waals surface area contributed by atoms with Crippen LogP contribution in [0.4, 0.5) is 0 Å². The minimum absolute atomic E-state index is 0. The van der Waals surface area contributed by atoms with Gasteiger partial charge >= 0.3 is 0 Å². The molecule has 0 fully saturated rings. The Balaban J connectivity index is 0.00000144. The lowest BCUT2D eigenvalue weighted by atomic mass is 9.90. The Kier molecular flexibility index (Phi) is 3.94. The third-order valence-corrected chi connectivity index (χ3v) is 4.63. The fourth-order valence-corrected chi connectivity index (χ4v) is 3.40. The monoisotopic (exact) mass is 309 g/mol. The molecule has 0 aliphatic heterocycles. The topological polar surface area (TPSA) is 26.0 Å². The van der Waals surface area contributed by atoms with Gasteiger partial charge in [-0.05, 0) is 50.7 Å². The molecule has 0 amide bonds. The molecule has 2 heteroatoms. The zero-order chi connectivity index (χ0) is 14.4. The first kappa shape index (κ1) is 15.1. The van der Waals surface area contributed by atoms with E-state index < -0.39 is 0 Å². The third kappa shape index (κ3) is 2.22. The largest absolute Gasteiger partial charge is 0.327 e. The van der Waals surface area contributed by atoms with Gasteiger partial charge in [-0.15, -0.1) is 12.4 Å². The molecule has 0 aliphatic carbocycles. The third-order valence-electron chi connectivity index (χ3n) is 4.63. The van der Waals surface area contributed by atoms with Crippen LogP contribution < -0.4 is 5.73 Å². The van der Waals surface area contributed by atoms with Crippen molar-refractivity contribution in [1.82, 2.24) is 0 Å². The normalized spacial score (nSPS) is 12.8. The quantitative estimate of drug-likeness (QED) is 0.511. The molecule has 4 aromatic rings. The van der Waals surface area contributed by atoms with Gasteiger partial charge in [0.05, 0.1) is 0 Å². The summed E-state index contributed by atoms with van der Waals surface area (Å²) in [7, 11) is 0. The predicted octanol–water partition coefficient (Wildman–Crippen LogP) is 5.29. The zero-order valence-electron chi connectivity index (χ0n) is 12.7. The highest BCUT2D eigenvalue weighted by Crippen LogP contribution is 2.36. The van der Waals surface area contributed by atoms with Gasteiger partial charge in [0.15, 0.2) is 0 Å². The summed E-state index contributed by atoms with van der Waals surface area (Å²) in [4.78, 5) is 0. The Hall–Kier alpha value is -1.83. The second-order valence-electron chi connectivity index (χ2n) is 5.95. The van der Waals surface area contributed by atoms with Crippen LogP contribution >= 0.6 is 12.4 Å². The highest BCUT2D eigenvalue weighted by Gasteiger charge is 2.11. The standard InChI is InChI=1S/C20H19N.ClH/c1-2-17(21)12-16-9-8-15-7-6-13-4-3-5-14-10-11-18(16)20(15)19(13)14;/h3-11,17H,2,12,21H2,1H3;1H. The molecule has 0 aromatic heterocycles. The maximum Gasteiger partial charge on any atom is 0.00769 e. The highest BCUT2D eigenvalue weighted by atomic mass is 35.5. The summed E-state index contributed by atoms with van der Waals surface area (Å²) in [6.45, 7) is 2.15. The van der Waals surface area contributed by atoms with E-state index in [2.05, 4.69) is 61.5 Å². The van der Waals surface area contributed by atoms with E-state index in [1.54, 1.807) is 0 Å². The summed E-state index contributed by atoms with van der Waals surface area (Å²) in [5.41, 5.74) is 7.55. The Bertz CT molecular complexity index is 913. The van der Waals surface area contributed by atoms with Gasteiger partial charge in [-0.25, -0.2) is 0 Å². The van der Waals surface area contributed by atoms with Crippen LogP contribution in [0.2, 0.25) is 0 Å². The second-order valence-corrected chi connectivity index (χ2v) is 5.95. The molecule has 112 valence electrons. The summed E-state index contributed by atoms with van der Waals surface area (Å²) < 4.78 is 0. The van der Waals surface area contributed by atoms with Crippen molar-refractivity contribution in [2.24, 2.45) is 5.73 Å². The minimum atomic E-state index is 0. The Labute approximate surface area is 136 Å². The molecule has 0 saturated carbocycles. The number of benzene rings is 4. The van der Waals surface area contributed by atoms with Crippen LogP contribution in [0.25, 0.3) is 32.3 Å². The van der Waals surface area contributed by atoms with Gasteiger partial charge in [0, 0.05) is 6.04 Å². The lowest BCUT2D eigenvalue weighted by Crippen LogP contribution is -2.21. The van der Waals surface area contributed by atoms with E-state index in [1.165, 1.54) is 37.9 Å². The average Bonchev–Trinajstić information content (AvgIpc) is 2.53. The van der Waals surface area contributed by atoms with E-state index in [9.17, 15) is 0 Å². The van der Waals surface area contributed by atoms with Crippen molar-refractivity contribution < 1.29 is 0 Å². The Morgan fingerprint density at radius 1 is 0.818 bits per heavy atom. The molecular weight excluding hydrogens is 290 g/mol. The van der Waals surface area contributed by atoms with Gasteiger partial charge in [-0.1, -0.05) is 61.5 Å². The van der Waals surface area contributed by atoms with Gasteiger partial charge in [0.2, 0.25) is 0 Å². The van der Waals surface area contributed by atoms with Crippen molar-refractivity contribution in [2.75, 3.05) is 0 Å².